The van der Waals surface area contributed by atoms with Gasteiger partial charge in [0, 0.05) is 5.25 Å². The van der Waals surface area contributed by atoms with Crippen molar-refractivity contribution in [2.24, 2.45) is 17.8 Å². The van der Waals surface area contributed by atoms with Crippen molar-refractivity contribution in [2.75, 3.05) is 6.26 Å². The summed E-state index contributed by atoms with van der Waals surface area (Å²) in [5.74, 6) is 0.596. The van der Waals surface area contributed by atoms with Gasteiger partial charge in [0.25, 0.3) is 0 Å². The van der Waals surface area contributed by atoms with Crippen LogP contribution in [0.4, 0.5) is 0 Å². The highest BCUT2D eigenvalue weighted by molar-refractivity contribution is 7.99. The predicted octanol–water partition coefficient (Wildman–Crippen LogP) is 1.85. The average molecular weight is 186 g/mol. The number of carboxylic acids is 1. The molecule has 2 aliphatic carbocycles. The maximum absolute atomic E-state index is 10.8. The molecule has 0 aromatic rings. The van der Waals surface area contributed by atoms with E-state index in [-0.39, 0.29) is 5.92 Å². The van der Waals surface area contributed by atoms with Gasteiger partial charge < -0.3 is 5.11 Å². The molecule has 3 heteroatoms. The first kappa shape index (κ1) is 8.42. The van der Waals surface area contributed by atoms with Gasteiger partial charge in [0.1, 0.15) is 0 Å². The third-order valence-corrected chi connectivity index (χ3v) is 4.52. The van der Waals surface area contributed by atoms with Crippen molar-refractivity contribution >= 4 is 17.7 Å². The van der Waals surface area contributed by atoms with Crippen molar-refractivity contribution in [1.82, 2.24) is 0 Å². The molecule has 0 amide bonds. The van der Waals surface area contributed by atoms with Crippen LogP contribution in [0, 0.1) is 17.8 Å². The van der Waals surface area contributed by atoms with Gasteiger partial charge in [-0.25, -0.2) is 0 Å². The van der Waals surface area contributed by atoms with Crippen LogP contribution in [-0.4, -0.2) is 22.6 Å². The van der Waals surface area contributed by atoms with Crippen LogP contribution in [0.5, 0.6) is 0 Å². The normalized spacial score (nSPS) is 45.1. The molecule has 2 rings (SSSR count). The Balaban J connectivity index is 2.09. The SMILES string of the molecule is CS[C@@H]1C[C@H]2C[C@H]1[C@@H](C(=O)O)C2. The summed E-state index contributed by atoms with van der Waals surface area (Å²) in [6, 6.07) is 0. The van der Waals surface area contributed by atoms with Crippen LogP contribution in [0.2, 0.25) is 0 Å². The number of carboxylic acid groups (broad SMARTS) is 1. The lowest BCUT2D eigenvalue weighted by molar-refractivity contribution is -0.143. The number of aliphatic carboxylic acids is 1. The van der Waals surface area contributed by atoms with Crippen LogP contribution >= 0.6 is 11.8 Å². The number of fused-ring (bicyclic) bond motifs is 2. The summed E-state index contributed by atoms with van der Waals surface area (Å²) in [6.07, 6.45) is 5.47. The highest BCUT2D eigenvalue weighted by atomic mass is 32.2. The van der Waals surface area contributed by atoms with Gasteiger partial charge in [0.15, 0.2) is 0 Å². The van der Waals surface area contributed by atoms with Gasteiger partial charge in [-0.2, -0.15) is 11.8 Å². The van der Waals surface area contributed by atoms with E-state index >= 15 is 0 Å². The molecular weight excluding hydrogens is 172 g/mol. The van der Waals surface area contributed by atoms with Crippen molar-refractivity contribution in [3.05, 3.63) is 0 Å². The molecule has 2 fully saturated rings. The third kappa shape index (κ3) is 1.15. The zero-order chi connectivity index (χ0) is 8.72. The second-order valence-electron chi connectivity index (χ2n) is 3.96. The van der Waals surface area contributed by atoms with Gasteiger partial charge in [-0.05, 0) is 37.4 Å². The summed E-state index contributed by atoms with van der Waals surface area (Å²) >= 11 is 1.85. The van der Waals surface area contributed by atoms with E-state index in [9.17, 15) is 4.79 Å². The van der Waals surface area contributed by atoms with Crippen molar-refractivity contribution in [1.29, 1.82) is 0 Å². The van der Waals surface area contributed by atoms with Crippen LogP contribution in [0.25, 0.3) is 0 Å². The molecule has 2 saturated carbocycles. The Morgan fingerprint density at radius 3 is 2.67 bits per heavy atom. The van der Waals surface area contributed by atoms with E-state index < -0.39 is 5.97 Å². The molecule has 2 bridgehead atoms. The summed E-state index contributed by atoms with van der Waals surface area (Å²) in [5.41, 5.74) is 0. The quantitative estimate of drug-likeness (QED) is 0.715. The second kappa shape index (κ2) is 2.95. The molecule has 2 nitrogen and oxygen atoms in total. The van der Waals surface area contributed by atoms with E-state index in [2.05, 4.69) is 6.26 Å². The van der Waals surface area contributed by atoms with E-state index in [1.807, 2.05) is 11.8 Å². The molecule has 0 aliphatic heterocycles. The van der Waals surface area contributed by atoms with Crippen LogP contribution < -0.4 is 0 Å². The summed E-state index contributed by atoms with van der Waals surface area (Å²) in [6.45, 7) is 0. The standard InChI is InChI=1S/C9H14O2S/c1-12-8-4-5-2-6(8)7(3-5)9(10)11/h5-8H,2-4H2,1H3,(H,10,11)/t5-,6-,7-,8+/m0/s1. The minimum absolute atomic E-state index is 0.0267. The summed E-state index contributed by atoms with van der Waals surface area (Å²) < 4.78 is 0. The molecule has 1 N–H and O–H groups in total. The molecular formula is C9H14O2S. The maximum Gasteiger partial charge on any atom is 0.306 e. The fraction of sp³-hybridized carbons (Fsp3) is 0.889. The van der Waals surface area contributed by atoms with Crippen LogP contribution in [0.15, 0.2) is 0 Å². The number of carbonyl (C=O) groups is 1. The first-order valence-corrected chi connectivity index (χ1v) is 5.76. The molecule has 2 aliphatic rings. The lowest BCUT2D eigenvalue weighted by atomic mass is 9.88. The van der Waals surface area contributed by atoms with E-state index in [1.54, 1.807) is 0 Å². The maximum atomic E-state index is 10.8. The predicted molar refractivity (Wildman–Crippen MR) is 49.3 cm³/mol. The summed E-state index contributed by atoms with van der Waals surface area (Å²) in [7, 11) is 0. The van der Waals surface area contributed by atoms with Gasteiger partial charge in [-0.1, -0.05) is 0 Å². The van der Waals surface area contributed by atoms with Crippen LogP contribution in [-0.2, 0) is 4.79 Å². The molecule has 0 saturated heterocycles. The highest BCUT2D eigenvalue weighted by Gasteiger charge is 2.48. The van der Waals surface area contributed by atoms with Gasteiger partial charge in [0.2, 0.25) is 0 Å². The zero-order valence-corrected chi connectivity index (χ0v) is 8.01. The van der Waals surface area contributed by atoms with Crippen molar-refractivity contribution < 1.29 is 9.90 Å². The number of hydrogen-bond donors (Lipinski definition) is 1. The fourth-order valence-electron chi connectivity index (χ4n) is 2.84. The number of rotatable bonds is 2. The van der Waals surface area contributed by atoms with E-state index in [0.717, 1.165) is 6.42 Å². The summed E-state index contributed by atoms with van der Waals surface area (Å²) in [5, 5.41) is 9.57. The van der Waals surface area contributed by atoms with Crippen molar-refractivity contribution in [3.63, 3.8) is 0 Å². The molecule has 68 valence electrons. The van der Waals surface area contributed by atoms with Crippen molar-refractivity contribution in [2.45, 2.75) is 24.5 Å². The zero-order valence-electron chi connectivity index (χ0n) is 7.19. The largest absolute Gasteiger partial charge is 0.481 e. The fourth-order valence-corrected chi connectivity index (χ4v) is 3.96. The highest BCUT2D eigenvalue weighted by Crippen LogP contribution is 2.52. The molecule has 0 unspecified atom stereocenters. The molecule has 0 spiro atoms. The van der Waals surface area contributed by atoms with Gasteiger partial charge >= 0.3 is 5.97 Å². The molecule has 0 aromatic heterocycles. The van der Waals surface area contributed by atoms with Crippen LogP contribution in [0.1, 0.15) is 19.3 Å². The topological polar surface area (TPSA) is 37.3 Å². The Morgan fingerprint density at radius 1 is 1.42 bits per heavy atom. The third-order valence-electron chi connectivity index (χ3n) is 3.37. The first-order valence-electron chi connectivity index (χ1n) is 4.48. The first-order chi connectivity index (χ1) is 5.72. The Kier molecular flexibility index (Phi) is 2.07. The molecule has 0 aromatic carbocycles. The Labute approximate surface area is 76.7 Å². The Bertz CT molecular complexity index is 205. The lowest BCUT2D eigenvalue weighted by Gasteiger charge is -2.24. The minimum atomic E-state index is -0.568. The average Bonchev–Trinajstić information content (AvgIpc) is 2.60. The monoisotopic (exact) mass is 186 g/mol. The molecule has 12 heavy (non-hydrogen) atoms. The minimum Gasteiger partial charge on any atom is -0.481 e. The van der Waals surface area contributed by atoms with Crippen LogP contribution in [0.3, 0.4) is 0 Å². The lowest BCUT2D eigenvalue weighted by Crippen LogP contribution is -2.27. The van der Waals surface area contributed by atoms with E-state index in [1.165, 1.54) is 12.8 Å². The van der Waals surface area contributed by atoms with E-state index in [4.69, 9.17) is 5.11 Å². The van der Waals surface area contributed by atoms with E-state index in [0.29, 0.717) is 17.1 Å². The van der Waals surface area contributed by atoms with Gasteiger partial charge in [-0.15, -0.1) is 0 Å². The molecule has 0 radical (unpaired) electrons. The number of thioether (sulfide) groups is 1. The van der Waals surface area contributed by atoms with Gasteiger partial charge in [0.05, 0.1) is 5.92 Å². The smallest absolute Gasteiger partial charge is 0.306 e. The molecule has 0 heterocycles. The Morgan fingerprint density at radius 2 is 2.17 bits per heavy atom. The van der Waals surface area contributed by atoms with Gasteiger partial charge in [-0.3, -0.25) is 4.79 Å². The summed E-state index contributed by atoms with van der Waals surface area (Å²) in [4.78, 5) is 10.8. The molecule has 4 atom stereocenters. The number of hydrogen-bond acceptors (Lipinski definition) is 2. The Hall–Kier alpha value is -0.180. The van der Waals surface area contributed by atoms with Crippen molar-refractivity contribution in [3.8, 4) is 0 Å². The second-order valence-corrected chi connectivity index (χ2v) is 5.03.